The Labute approximate surface area is 262 Å². The molecule has 30 heteroatoms. The molecule has 0 aliphatic heterocycles. The number of carbonyl (C=O) groups is 2. The third-order valence-corrected chi connectivity index (χ3v) is 7.02. The molecule has 0 unspecified atom stereocenters. The van der Waals surface area contributed by atoms with E-state index < -0.39 is 121 Å². The molecule has 0 rings (SSSR count). The maximum atomic E-state index is 13.9. The number of alkyl halides is 25. The molecule has 0 amide bonds. The van der Waals surface area contributed by atoms with Gasteiger partial charge in [0.25, 0.3) is 0 Å². The average Bonchev–Trinajstić information content (AvgIpc) is 2.91. The van der Waals surface area contributed by atoms with Crippen LogP contribution in [0.1, 0.15) is 19.3 Å². The molecule has 0 aromatic heterocycles. The van der Waals surface area contributed by atoms with Gasteiger partial charge in [0.2, 0.25) is 0 Å². The quantitative estimate of drug-likeness (QED) is 0.0801. The minimum Gasteiger partial charge on any atom is -0.479 e. The van der Waals surface area contributed by atoms with Gasteiger partial charge >= 0.3 is 83.3 Å². The first kappa shape index (κ1) is 47.5. The maximum Gasteiger partial charge on any atom is 0.460 e. The Bertz CT molecular complexity index is 1210. The van der Waals surface area contributed by atoms with Crippen LogP contribution in [-0.2, 0) is 14.3 Å². The first-order chi connectivity index (χ1) is 21.6. The predicted octanol–water partition coefficient (Wildman–Crippen LogP) is 9.07. The number of carboxylic acids is 1. The van der Waals surface area contributed by atoms with E-state index in [1.807, 2.05) is 0 Å². The van der Waals surface area contributed by atoms with Crippen LogP contribution in [0.4, 0.5) is 110 Å². The lowest BCUT2D eigenvalue weighted by molar-refractivity contribution is -0.482. The monoisotopic (exact) mass is 824 g/mol. The molecule has 0 bridgehead atoms. The first-order valence-corrected chi connectivity index (χ1v) is 12.9. The second kappa shape index (κ2) is 13.8. The van der Waals surface area contributed by atoms with E-state index in [1.165, 1.54) is 0 Å². The van der Waals surface area contributed by atoms with Crippen molar-refractivity contribution in [3.63, 3.8) is 0 Å². The number of aliphatic carboxylic acids is 1. The Morgan fingerprint density at radius 3 is 1.06 bits per heavy atom. The normalized spacial score (nSPS) is 15.7. The minimum atomic E-state index is -9.63. The van der Waals surface area contributed by atoms with Gasteiger partial charge in [0.05, 0.1) is 6.42 Å². The topological polar surface area (TPSA) is 63.6 Å². The molecule has 0 heterocycles. The van der Waals surface area contributed by atoms with E-state index in [4.69, 9.17) is 5.11 Å². The lowest BCUT2D eigenvalue weighted by Gasteiger charge is -2.45. The van der Waals surface area contributed by atoms with Crippen LogP contribution >= 0.6 is 11.8 Å². The Balaban J connectivity index is 6.53. The van der Waals surface area contributed by atoms with Crippen molar-refractivity contribution < 1.29 is 129 Å². The molecule has 0 aliphatic rings. The van der Waals surface area contributed by atoms with Gasteiger partial charge in [0.15, 0.2) is 6.61 Å². The number of ether oxygens (including phenoxy) is 1. The summed E-state index contributed by atoms with van der Waals surface area (Å²) in [7, 11) is 0. The Morgan fingerprint density at radius 1 is 0.460 bits per heavy atom. The third kappa shape index (κ3) is 7.26. The Morgan fingerprint density at radius 2 is 0.760 bits per heavy atom. The first-order valence-electron chi connectivity index (χ1n) is 11.7. The zero-order chi connectivity index (χ0) is 40.8. The van der Waals surface area contributed by atoms with Crippen LogP contribution in [0.15, 0.2) is 0 Å². The summed E-state index contributed by atoms with van der Waals surface area (Å²) in [6.07, 6.45) is -13.4. The lowest BCUT2D eigenvalue weighted by atomic mass is 9.84. The summed E-state index contributed by atoms with van der Waals surface area (Å²) in [5.74, 6) is -103. The summed E-state index contributed by atoms with van der Waals surface area (Å²) in [5, 5.41) is 8.24. The number of thioether (sulfide) groups is 1. The fraction of sp³-hybridized carbons (Fsp3) is 0.900. The van der Waals surface area contributed by atoms with Gasteiger partial charge in [-0.3, -0.25) is 4.79 Å². The number of esters is 1. The zero-order valence-corrected chi connectivity index (χ0v) is 23.6. The summed E-state index contributed by atoms with van der Waals surface area (Å²) in [6.45, 7) is -1.18. The number of carbonyl (C=O) groups excluding carboxylic acids is 1. The molecule has 0 saturated heterocycles. The Hall–Kier alpha value is -2.46. The van der Waals surface area contributed by atoms with E-state index in [2.05, 4.69) is 4.74 Å². The number of hydrogen-bond acceptors (Lipinski definition) is 4. The van der Waals surface area contributed by atoms with Gasteiger partial charge in [-0.25, -0.2) is 4.79 Å². The van der Waals surface area contributed by atoms with E-state index in [0.29, 0.717) is 0 Å². The fourth-order valence-corrected chi connectivity index (χ4v) is 3.87. The molecule has 0 radical (unpaired) electrons. The van der Waals surface area contributed by atoms with Gasteiger partial charge in [-0.05, 0) is 12.2 Å². The average molecular weight is 824 g/mol. The van der Waals surface area contributed by atoms with Gasteiger partial charge in [-0.2, -0.15) is 122 Å². The summed E-state index contributed by atoms with van der Waals surface area (Å²) in [5.41, 5.74) is 0. The van der Waals surface area contributed by atoms with Crippen LogP contribution < -0.4 is 0 Å². The summed E-state index contributed by atoms with van der Waals surface area (Å²) in [6, 6.07) is 0. The van der Waals surface area contributed by atoms with Crippen LogP contribution in [0, 0.1) is 0 Å². The smallest absolute Gasteiger partial charge is 0.460 e. The van der Waals surface area contributed by atoms with E-state index in [1.54, 1.807) is 0 Å². The highest BCUT2D eigenvalue weighted by atomic mass is 32.2. The van der Waals surface area contributed by atoms with Crippen molar-refractivity contribution in [1.29, 1.82) is 0 Å². The van der Waals surface area contributed by atoms with E-state index in [0.717, 1.165) is 0 Å². The second-order valence-electron chi connectivity index (χ2n) is 9.47. The van der Waals surface area contributed by atoms with Crippen molar-refractivity contribution in [2.45, 2.75) is 90.6 Å². The molecule has 0 fully saturated rings. The highest BCUT2D eigenvalue weighted by molar-refractivity contribution is 7.99. The van der Waals surface area contributed by atoms with E-state index in [-0.39, 0.29) is 11.8 Å². The van der Waals surface area contributed by atoms with Crippen LogP contribution in [0.5, 0.6) is 0 Å². The van der Waals surface area contributed by atoms with Gasteiger partial charge in [-0.1, -0.05) is 0 Å². The molecule has 298 valence electrons. The van der Waals surface area contributed by atoms with E-state index in [9.17, 15) is 119 Å². The number of halogens is 25. The molecule has 1 N–H and O–H groups in total. The minimum absolute atomic E-state index is 0.239. The molecule has 0 atom stereocenters. The molecule has 0 aromatic rings. The van der Waals surface area contributed by atoms with Crippen molar-refractivity contribution in [2.75, 3.05) is 18.1 Å². The standard InChI is InChI=1S/C20H13F25O4S/c21-9(22,3-1-4-50-5-2-8(48)49-6-7(46)47)10(23,24)11(25,26)12(27,28)13(29,30)14(31,32)15(33,34)16(35,36)17(37,38)18(39,40)19(41,42)20(43,44)45/h1-6H2,(H,46,47). The van der Waals surface area contributed by atoms with Gasteiger partial charge in [0.1, 0.15) is 0 Å². The molecule has 0 saturated carbocycles. The third-order valence-electron chi connectivity index (χ3n) is 5.95. The Kier molecular flexibility index (Phi) is 13.1. The zero-order valence-electron chi connectivity index (χ0n) is 22.8. The van der Waals surface area contributed by atoms with Crippen LogP contribution in [-0.4, -0.2) is 106 Å². The molecule has 50 heavy (non-hydrogen) atoms. The van der Waals surface area contributed by atoms with Gasteiger partial charge in [0, 0.05) is 12.2 Å². The number of carboxylic acid groups (broad SMARTS) is 1. The van der Waals surface area contributed by atoms with Gasteiger partial charge < -0.3 is 9.84 Å². The molecule has 0 aromatic carbocycles. The molecule has 0 aliphatic carbocycles. The highest BCUT2D eigenvalue weighted by Crippen LogP contribution is 2.67. The summed E-state index contributed by atoms with van der Waals surface area (Å²) in [4.78, 5) is 21.3. The number of rotatable bonds is 19. The SMILES string of the molecule is O=C(O)COC(=O)CCSCCCC(F)(F)C(F)(F)C(F)(F)C(F)(F)C(F)(F)C(F)(F)C(F)(F)C(F)(F)C(F)(F)C(F)(F)C(F)(F)C(F)(F)F. The maximum absolute atomic E-state index is 13.9. The molecule has 4 nitrogen and oxygen atoms in total. The molecular formula is C20H13F25O4S. The lowest BCUT2D eigenvalue weighted by Crippen LogP contribution is -2.78. The van der Waals surface area contributed by atoms with Crippen LogP contribution in [0.2, 0.25) is 0 Å². The highest BCUT2D eigenvalue weighted by Gasteiger charge is 2.99. The second-order valence-corrected chi connectivity index (χ2v) is 10.7. The van der Waals surface area contributed by atoms with Crippen molar-refractivity contribution in [1.82, 2.24) is 0 Å². The van der Waals surface area contributed by atoms with Crippen molar-refractivity contribution in [3.8, 4) is 0 Å². The predicted molar refractivity (Wildman–Crippen MR) is 110 cm³/mol. The van der Waals surface area contributed by atoms with E-state index >= 15 is 0 Å². The van der Waals surface area contributed by atoms with Gasteiger partial charge in [-0.15, -0.1) is 0 Å². The van der Waals surface area contributed by atoms with Crippen molar-refractivity contribution in [3.05, 3.63) is 0 Å². The van der Waals surface area contributed by atoms with Crippen molar-refractivity contribution >= 4 is 23.7 Å². The van der Waals surface area contributed by atoms with Crippen molar-refractivity contribution in [2.24, 2.45) is 0 Å². The molecule has 0 spiro atoms. The fourth-order valence-electron chi connectivity index (χ4n) is 3.01. The molecular weight excluding hydrogens is 811 g/mol. The van der Waals surface area contributed by atoms with Crippen LogP contribution in [0.25, 0.3) is 0 Å². The largest absolute Gasteiger partial charge is 0.479 e. The summed E-state index contributed by atoms with van der Waals surface area (Å²) >= 11 is 0.239. The number of hydrogen-bond donors (Lipinski definition) is 1. The summed E-state index contributed by atoms with van der Waals surface area (Å²) < 4.78 is 341. The van der Waals surface area contributed by atoms with Crippen LogP contribution in [0.3, 0.4) is 0 Å².